The van der Waals surface area contributed by atoms with Crippen LogP contribution in [-0.2, 0) is 0 Å². The number of halogens is 1. The zero-order valence-electron chi connectivity index (χ0n) is 6.31. The summed E-state index contributed by atoms with van der Waals surface area (Å²) >= 11 is 5.35. The first-order valence-electron chi connectivity index (χ1n) is 3.81. The standard InChI is InChI=1S/C8H14ClN/c1-7-5-8(6-7)10-4-2-3-9/h2-3,7-8,10H,4-6H2,1H3/b3-2+. The molecule has 0 aliphatic heterocycles. The van der Waals surface area contributed by atoms with Crippen molar-refractivity contribution in [1.29, 1.82) is 0 Å². The van der Waals surface area contributed by atoms with E-state index in [9.17, 15) is 0 Å². The molecule has 1 fully saturated rings. The fraction of sp³-hybridized carbons (Fsp3) is 0.750. The van der Waals surface area contributed by atoms with E-state index < -0.39 is 0 Å². The lowest BCUT2D eigenvalue weighted by molar-refractivity contribution is 0.248. The van der Waals surface area contributed by atoms with E-state index in [4.69, 9.17) is 11.6 Å². The lowest BCUT2D eigenvalue weighted by Gasteiger charge is -2.33. The Kier molecular flexibility index (Phi) is 3.23. The lowest BCUT2D eigenvalue weighted by atomic mass is 9.82. The highest BCUT2D eigenvalue weighted by molar-refractivity contribution is 6.25. The van der Waals surface area contributed by atoms with E-state index in [-0.39, 0.29) is 0 Å². The van der Waals surface area contributed by atoms with Crippen LogP contribution in [0.4, 0.5) is 0 Å². The van der Waals surface area contributed by atoms with Crippen LogP contribution in [0.15, 0.2) is 11.6 Å². The van der Waals surface area contributed by atoms with Crippen LogP contribution in [0.2, 0.25) is 0 Å². The second kappa shape index (κ2) is 3.99. The quantitative estimate of drug-likeness (QED) is 0.666. The predicted molar refractivity (Wildman–Crippen MR) is 45.2 cm³/mol. The van der Waals surface area contributed by atoms with Gasteiger partial charge in [-0.15, -0.1) is 0 Å². The molecule has 0 heterocycles. The number of hydrogen-bond acceptors (Lipinski definition) is 1. The third-order valence-corrected chi connectivity index (χ3v) is 2.17. The van der Waals surface area contributed by atoms with Gasteiger partial charge in [-0.1, -0.05) is 24.6 Å². The molecule has 0 spiro atoms. The molecule has 58 valence electrons. The highest BCUT2D eigenvalue weighted by atomic mass is 35.5. The maximum atomic E-state index is 5.35. The molecule has 1 saturated carbocycles. The van der Waals surface area contributed by atoms with Gasteiger partial charge in [0.25, 0.3) is 0 Å². The smallest absolute Gasteiger partial charge is 0.0149 e. The molecule has 1 nitrogen and oxygen atoms in total. The SMILES string of the molecule is CC1CC(NC/C=C/Cl)C1. The zero-order chi connectivity index (χ0) is 7.40. The van der Waals surface area contributed by atoms with Crippen molar-refractivity contribution >= 4 is 11.6 Å². The molecule has 0 unspecified atom stereocenters. The van der Waals surface area contributed by atoms with Gasteiger partial charge in [0.15, 0.2) is 0 Å². The molecule has 0 aromatic heterocycles. The topological polar surface area (TPSA) is 12.0 Å². The zero-order valence-corrected chi connectivity index (χ0v) is 7.06. The Balaban J connectivity index is 1.95. The average Bonchev–Trinajstić information content (AvgIpc) is 1.85. The van der Waals surface area contributed by atoms with Gasteiger partial charge in [-0.3, -0.25) is 0 Å². The van der Waals surface area contributed by atoms with Crippen LogP contribution in [0.25, 0.3) is 0 Å². The second-order valence-electron chi connectivity index (χ2n) is 3.04. The Morgan fingerprint density at radius 1 is 1.60 bits per heavy atom. The molecule has 0 aromatic carbocycles. The molecule has 2 heteroatoms. The fourth-order valence-electron chi connectivity index (χ4n) is 1.35. The molecule has 10 heavy (non-hydrogen) atoms. The first-order valence-corrected chi connectivity index (χ1v) is 4.25. The van der Waals surface area contributed by atoms with Crippen LogP contribution in [0.1, 0.15) is 19.8 Å². The van der Waals surface area contributed by atoms with Gasteiger partial charge < -0.3 is 5.32 Å². The van der Waals surface area contributed by atoms with Crippen molar-refractivity contribution in [1.82, 2.24) is 5.32 Å². The van der Waals surface area contributed by atoms with Gasteiger partial charge >= 0.3 is 0 Å². The van der Waals surface area contributed by atoms with Crippen LogP contribution >= 0.6 is 11.6 Å². The van der Waals surface area contributed by atoms with Gasteiger partial charge in [0.1, 0.15) is 0 Å². The van der Waals surface area contributed by atoms with E-state index in [2.05, 4.69) is 12.2 Å². The minimum absolute atomic E-state index is 0.753. The second-order valence-corrected chi connectivity index (χ2v) is 3.30. The molecule has 0 saturated heterocycles. The minimum atomic E-state index is 0.753. The molecule has 0 amide bonds. The van der Waals surface area contributed by atoms with Crippen molar-refractivity contribution in [3.63, 3.8) is 0 Å². The summed E-state index contributed by atoms with van der Waals surface area (Å²) in [5.41, 5.74) is 1.56. The van der Waals surface area contributed by atoms with Gasteiger partial charge in [-0.2, -0.15) is 0 Å². The fourth-order valence-corrected chi connectivity index (χ4v) is 1.44. The van der Waals surface area contributed by atoms with Crippen molar-refractivity contribution < 1.29 is 0 Å². The van der Waals surface area contributed by atoms with Crippen molar-refractivity contribution in [2.75, 3.05) is 6.54 Å². The third kappa shape index (κ3) is 2.31. The Hall–Kier alpha value is -0.0100. The molecular weight excluding hydrogens is 146 g/mol. The van der Waals surface area contributed by atoms with Crippen molar-refractivity contribution in [2.45, 2.75) is 25.8 Å². The summed E-state index contributed by atoms with van der Waals surface area (Å²) in [6, 6.07) is 0.753. The Labute approximate surface area is 67.5 Å². The molecule has 1 aliphatic carbocycles. The third-order valence-electron chi connectivity index (χ3n) is 1.99. The lowest BCUT2D eigenvalue weighted by Crippen LogP contribution is -2.39. The van der Waals surface area contributed by atoms with Crippen LogP contribution in [0.3, 0.4) is 0 Å². The summed E-state index contributed by atoms with van der Waals surface area (Å²) in [7, 11) is 0. The molecule has 1 aliphatic rings. The monoisotopic (exact) mass is 159 g/mol. The van der Waals surface area contributed by atoms with Crippen molar-refractivity contribution in [2.24, 2.45) is 5.92 Å². The number of nitrogens with one attached hydrogen (secondary N) is 1. The van der Waals surface area contributed by atoms with Gasteiger partial charge in [0.05, 0.1) is 0 Å². The van der Waals surface area contributed by atoms with Gasteiger partial charge in [-0.25, -0.2) is 0 Å². The number of rotatable bonds is 3. The normalized spacial score (nSPS) is 32.6. The van der Waals surface area contributed by atoms with Crippen LogP contribution in [0.5, 0.6) is 0 Å². The highest BCUT2D eigenvalue weighted by Gasteiger charge is 2.23. The van der Waals surface area contributed by atoms with E-state index in [1.165, 1.54) is 12.8 Å². The highest BCUT2D eigenvalue weighted by Crippen LogP contribution is 2.25. The first-order chi connectivity index (χ1) is 4.83. The number of hydrogen-bond donors (Lipinski definition) is 1. The van der Waals surface area contributed by atoms with Gasteiger partial charge in [-0.05, 0) is 18.8 Å². The maximum absolute atomic E-state index is 5.35. The van der Waals surface area contributed by atoms with Gasteiger partial charge in [0.2, 0.25) is 0 Å². The van der Waals surface area contributed by atoms with E-state index in [1.54, 1.807) is 5.54 Å². The van der Waals surface area contributed by atoms with E-state index in [1.807, 2.05) is 6.08 Å². The predicted octanol–water partition coefficient (Wildman–Crippen LogP) is 2.13. The molecule has 1 N–H and O–H groups in total. The first kappa shape index (κ1) is 8.09. The Morgan fingerprint density at radius 2 is 2.30 bits per heavy atom. The average molecular weight is 160 g/mol. The molecular formula is C8H14ClN. The molecule has 0 aromatic rings. The van der Waals surface area contributed by atoms with Crippen molar-refractivity contribution in [3.8, 4) is 0 Å². The minimum Gasteiger partial charge on any atom is -0.310 e. The summed E-state index contributed by atoms with van der Waals surface area (Å²) in [5, 5.41) is 3.38. The van der Waals surface area contributed by atoms with Crippen LogP contribution in [-0.4, -0.2) is 12.6 Å². The summed E-state index contributed by atoms with van der Waals surface area (Å²) in [4.78, 5) is 0. The summed E-state index contributed by atoms with van der Waals surface area (Å²) < 4.78 is 0. The Morgan fingerprint density at radius 3 is 2.80 bits per heavy atom. The van der Waals surface area contributed by atoms with E-state index in [0.29, 0.717) is 0 Å². The van der Waals surface area contributed by atoms with E-state index in [0.717, 1.165) is 18.5 Å². The Bertz CT molecular complexity index is 116. The van der Waals surface area contributed by atoms with Crippen LogP contribution in [0, 0.1) is 5.92 Å². The maximum Gasteiger partial charge on any atom is 0.0149 e. The summed E-state index contributed by atoms with van der Waals surface area (Å²) in [6.45, 7) is 3.20. The molecule has 0 radical (unpaired) electrons. The summed E-state index contributed by atoms with van der Waals surface area (Å²) in [6.07, 6.45) is 4.59. The molecule has 0 atom stereocenters. The summed E-state index contributed by atoms with van der Waals surface area (Å²) in [5.74, 6) is 0.928. The largest absolute Gasteiger partial charge is 0.310 e. The van der Waals surface area contributed by atoms with Crippen molar-refractivity contribution in [3.05, 3.63) is 11.6 Å². The van der Waals surface area contributed by atoms with E-state index >= 15 is 0 Å². The molecule has 1 rings (SSSR count). The molecule has 0 bridgehead atoms. The van der Waals surface area contributed by atoms with Gasteiger partial charge in [0, 0.05) is 18.1 Å². The van der Waals surface area contributed by atoms with Crippen LogP contribution < -0.4 is 5.32 Å².